The molecule has 1 aliphatic heterocycles. The maximum atomic E-state index is 12.1. The minimum absolute atomic E-state index is 0.0347. The Labute approximate surface area is 126 Å². The Hall–Kier alpha value is -0.330. The van der Waals surface area contributed by atoms with Crippen molar-refractivity contribution in [2.45, 2.75) is 12.8 Å². The third-order valence-electron chi connectivity index (χ3n) is 3.12. The van der Waals surface area contributed by atoms with Crippen molar-refractivity contribution in [2.24, 2.45) is 5.92 Å². The Morgan fingerprint density at radius 3 is 3.11 bits per heavy atom. The van der Waals surface area contributed by atoms with E-state index in [1.54, 1.807) is 12.1 Å². The van der Waals surface area contributed by atoms with Crippen LogP contribution >= 0.6 is 34.2 Å². The van der Waals surface area contributed by atoms with E-state index in [-0.39, 0.29) is 5.91 Å². The molecular formula is C13H16ClIN2O. The molecule has 5 heteroatoms. The van der Waals surface area contributed by atoms with Crippen LogP contribution in [0.2, 0.25) is 5.02 Å². The van der Waals surface area contributed by atoms with Gasteiger partial charge < -0.3 is 10.6 Å². The molecule has 2 N–H and O–H groups in total. The summed E-state index contributed by atoms with van der Waals surface area (Å²) < 4.78 is 0.927. The Bertz CT molecular complexity index is 433. The van der Waals surface area contributed by atoms with Crippen LogP contribution in [0.4, 0.5) is 0 Å². The van der Waals surface area contributed by atoms with Crippen molar-refractivity contribution in [3.8, 4) is 0 Å². The van der Waals surface area contributed by atoms with Crippen LogP contribution in [0.25, 0.3) is 0 Å². The van der Waals surface area contributed by atoms with Gasteiger partial charge in [0.05, 0.1) is 5.56 Å². The molecule has 18 heavy (non-hydrogen) atoms. The van der Waals surface area contributed by atoms with Crippen molar-refractivity contribution in [1.29, 1.82) is 0 Å². The maximum Gasteiger partial charge on any atom is 0.252 e. The average molecular weight is 379 g/mol. The molecule has 0 aliphatic carbocycles. The molecule has 98 valence electrons. The second kappa shape index (κ2) is 6.73. The lowest BCUT2D eigenvalue weighted by atomic mass is 10.00. The summed E-state index contributed by atoms with van der Waals surface area (Å²) in [7, 11) is 0. The molecule has 1 aliphatic rings. The van der Waals surface area contributed by atoms with Gasteiger partial charge in [0.25, 0.3) is 5.91 Å². The fourth-order valence-corrected chi connectivity index (χ4v) is 2.85. The number of rotatable bonds is 3. The highest BCUT2D eigenvalue weighted by Crippen LogP contribution is 2.18. The van der Waals surface area contributed by atoms with Crippen LogP contribution in [0.5, 0.6) is 0 Å². The number of halogens is 2. The molecule has 2 rings (SSSR count). The molecule has 1 fully saturated rings. The third kappa shape index (κ3) is 3.83. The Kier molecular flexibility index (Phi) is 5.26. The molecule has 1 heterocycles. The summed E-state index contributed by atoms with van der Waals surface area (Å²) in [5.74, 6) is 0.506. The van der Waals surface area contributed by atoms with E-state index in [0.717, 1.165) is 23.2 Å². The minimum atomic E-state index is -0.0347. The van der Waals surface area contributed by atoms with Gasteiger partial charge in [0, 0.05) is 15.1 Å². The normalized spacial score (nSPS) is 19.6. The van der Waals surface area contributed by atoms with Crippen molar-refractivity contribution >= 4 is 40.1 Å². The smallest absolute Gasteiger partial charge is 0.252 e. The number of carbonyl (C=O) groups excluding carboxylic acids is 1. The number of piperidine rings is 1. The molecule has 0 radical (unpaired) electrons. The highest BCUT2D eigenvalue weighted by atomic mass is 127. The fourth-order valence-electron chi connectivity index (χ4n) is 2.10. The first-order chi connectivity index (χ1) is 8.66. The Balaban J connectivity index is 1.92. The van der Waals surface area contributed by atoms with E-state index in [1.165, 1.54) is 12.8 Å². The van der Waals surface area contributed by atoms with Crippen LogP contribution in [0.1, 0.15) is 23.2 Å². The molecule has 1 aromatic rings. The second-order valence-corrected chi connectivity index (χ2v) is 6.15. The summed E-state index contributed by atoms with van der Waals surface area (Å²) in [5, 5.41) is 6.94. The summed E-state index contributed by atoms with van der Waals surface area (Å²) >= 11 is 8.07. The minimum Gasteiger partial charge on any atom is -0.352 e. The zero-order chi connectivity index (χ0) is 13.0. The Morgan fingerprint density at radius 2 is 2.39 bits per heavy atom. The average Bonchev–Trinajstić information content (AvgIpc) is 2.40. The van der Waals surface area contributed by atoms with Crippen LogP contribution in [-0.2, 0) is 0 Å². The molecule has 3 nitrogen and oxygen atoms in total. The number of benzene rings is 1. The molecule has 0 spiro atoms. The number of hydrogen-bond acceptors (Lipinski definition) is 2. The largest absolute Gasteiger partial charge is 0.352 e. The van der Waals surface area contributed by atoms with Crippen LogP contribution < -0.4 is 10.6 Å². The van der Waals surface area contributed by atoms with Gasteiger partial charge in [0.1, 0.15) is 0 Å². The van der Waals surface area contributed by atoms with E-state index in [0.29, 0.717) is 16.5 Å². The van der Waals surface area contributed by atoms with Crippen LogP contribution in [0, 0.1) is 9.49 Å². The summed E-state index contributed by atoms with van der Waals surface area (Å²) in [6, 6.07) is 5.38. The molecule has 1 aromatic carbocycles. The van der Waals surface area contributed by atoms with Gasteiger partial charge in [-0.15, -0.1) is 0 Å². The zero-order valence-corrected chi connectivity index (χ0v) is 12.9. The molecule has 0 saturated carbocycles. The molecule has 1 unspecified atom stereocenters. The van der Waals surface area contributed by atoms with Gasteiger partial charge in [-0.1, -0.05) is 11.6 Å². The number of hydrogen-bond donors (Lipinski definition) is 2. The van der Waals surface area contributed by atoms with Crippen molar-refractivity contribution in [3.63, 3.8) is 0 Å². The second-order valence-electron chi connectivity index (χ2n) is 4.55. The predicted octanol–water partition coefficient (Wildman–Crippen LogP) is 2.67. The van der Waals surface area contributed by atoms with Gasteiger partial charge in [0.15, 0.2) is 0 Å². The first kappa shape index (κ1) is 14.1. The van der Waals surface area contributed by atoms with Gasteiger partial charge in [-0.25, -0.2) is 0 Å². The van der Waals surface area contributed by atoms with E-state index in [4.69, 9.17) is 11.6 Å². The Morgan fingerprint density at radius 1 is 1.56 bits per heavy atom. The van der Waals surface area contributed by atoms with Crippen molar-refractivity contribution in [2.75, 3.05) is 19.6 Å². The summed E-state index contributed by atoms with van der Waals surface area (Å²) in [5.41, 5.74) is 0.659. The van der Waals surface area contributed by atoms with Gasteiger partial charge >= 0.3 is 0 Å². The van der Waals surface area contributed by atoms with Gasteiger partial charge in [0.2, 0.25) is 0 Å². The number of carbonyl (C=O) groups is 1. The van der Waals surface area contributed by atoms with E-state index >= 15 is 0 Å². The third-order valence-corrected chi connectivity index (χ3v) is 4.30. The van der Waals surface area contributed by atoms with Crippen LogP contribution in [0.15, 0.2) is 18.2 Å². The van der Waals surface area contributed by atoms with Crippen molar-refractivity contribution in [1.82, 2.24) is 10.6 Å². The zero-order valence-electron chi connectivity index (χ0n) is 10.0. The SMILES string of the molecule is O=C(NCC1CCCNC1)c1cc(Cl)ccc1I. The van der Waals surface area contributed by atoms with E-state index in [9.17, 15) is 4.79 Å². The first-order valence-corrected chi connectivity index (χ1v) is 7.56. The predicted molar refractivity (Wildman–Crippen MR) is 82.1 cm³/mol. The van der Waals surface area contributed by atoms with Crippen LogP contribution in [-0.4, -0.2) is 25.5 Å². The maximum absolute atomic E-state index is 12.1. The van der Waals surface area contributed by atoms with E-state index in [2.05, 4.69) is 33.2 Å². The van der Waals surface area contributed by atoms with E-state index in [1.807, 2.05) is 6.07 Å². The first-order valence-electron chi connectivity index (χ1n) is 6.11. The van der Waals surface area contributed by atoms with Crippen LogP contribution in [0.3, 0.4) is 0 Å². The fraction of sp³-hybridized carbons (Fsp3) is 0.462. The van der Waals surface area contributed by atoms with Crippen molar-refractivity contribution in [3.05, 3.63) is 32.4 Å². The van der Waals surface area contributed by atoms with E-state index < -0.39 is 0 Å². The lowest BCUT2D eigenvalue weighted by molar-refractivity contribution is 0.0944. The number of nitrogens with one attached hydrogen (secondary N) is 2. The highest BCUT2D eigenvalue weighted by Gasteiger charge is 2.15. The lowest BCUT2D eigenvalue weighted by Gasteiger charge is -2.23. The molecule has 1 atom stereocenters. The molecule has 0 aromatic heterocycles. The summed E-state index contributed by atoms with van der Waals surface area (Å²) in [6.07, 6.45) is 2.37. The lowest BCUT2D eigenvalue weighted by Crippen LogP contribution is -2.38. The van der Waals surface area contributed by atoms with Gasteiger partial charge in [-0.2, -0.15) is 0 Å². The molecular weight excluding hydrogens is 363 g/mol. The molecule has 1 saturated heterocycles. The summed E-state index contributed by atoms with van der Waals surface area (Å²) in [6.45, 7) is 2.82. The monoisotopic (exact) mass is 378 g/mol. The quantitative estimate of drug-likeness (QED) is 0.794. The standard InChI is InChI=1S/C13H16ClIN2O/c14-10-3-4-12(15)11(6-10)13(18)17-8-9-2-1-5-16-7-9/h3-4,6,9,16H,1-2,5,7-8H2,(H,17,18). The van der Waals surface area contributed by atoms with Gasteiger partial charge in [-0.05, 0) is 72.6 Å². The summed E-state index contributed by atoms with van der Waals surface area (Å²) in [4.78, 5) is 12.1. The molecule has 1 amide bonds. The van der Waals surface area contributed by atoms with Gasteiger partial charge in [-0.3, -0.25) is 4.79 Å². The number of amides is 1. The van der Waals surface area contributed by atoms with Crippen molar-refractivity contribution < 1.29 is 4.79 Å². The topological polar surface area (TPSA) is 41.1 Å². The highest BCUT2D eigenvalue weighted by molar-refractivity contribution is 14.1. The molecule has 0 bridgehead atoms.